The number of aliphatic imine (C=N–C) groups is 1. The van der Waals surface area contributed by atoms with Crippen LogP contribution in [0.25, 0.3) is 11.1 Å². The molecule has 4 rings (SSSR count). The monoisotopic (exact) mass is 427 g/mol. The number of halogens is 2. The Morgan fingerprint density at radius 3 is 2.45 bits per heavy atom. The summed E-state index contributed by atoms with van der Waals surface area (Å²) in [5.74, 6) is -0.911. The molecule has 1 unspecified atom stereocenters. The predicted octanol–water partition coefficient (Wildman–Crippen LogP) is 3.32. The summed E-state index contributed by atoms with van der Waals surface area (Å²) >= 11 is 0. The Balaban J connectivity index is 0.000000858. The first kappa shape index (κ1) is 21.7. The van der Waals surface area contributed by atoms with Crippen LogP contribution in [0, 0.1) is 11.8 Å². The molecule has 0 amide bonds. The number of ether oxygens (including phenoxy) is 2. The van der Waals surface area contributed by atoms with E-state index in [2.05, 4.69) is 9.98 Å². The van der Waals surface area contributed by atoms with Gasteiger partial charge in [0, 0.05) is 11.8 Å². The molecule has 3 aromatic rings. The van der Waals surface area contributed by atoms with Crippen molar-refractivity contribution in [3.8, 4) is 16.9 Å². The van der Waals surface area contributed by atoms with E-state index in [1.54, 1.807) is 18.2 Å². The third-order valence-electron chi connectivity index (χ3n) is 4.76. The minimum atomic E-state index is -0.999. The molecule has 0 fully saturated rings. The Morgan fingerprint density at radius 2 is 1.87 bits per heavy atom. The number of benzene rings is 2. The minimum absolute atomic E-state index is 0.0325. The number of rotatable bonds is 4. The van der Waals surface area contributed by atoms with Gasteiger partial charge in [-0.15, -0.1) is 0 Å². The first-order valence-electron chi connectivity index (χ1n) is 9.06. The maximum atomic E-state index is 14.4. The Morgan fingerprint density at radius 1 is 1.13 bits per heavy atom. The predicted molar refractivity (Wildman–Crippen MR) is 110 cm³/mol. The highest BCUT2D eigenvalue weighted by atomic mass is 19.1. The third kappa shape index (κ3) is 4.45. The quantitative estimate of drug-likeness (QED) is 0.489. The molecular weight excluding hydrogens is 408 g/mol. The van der Waals surface area contributed by atoms with Crippen LogP contribution in [0.4, 0.5) is 8.78 Å². The van der Waals surface area contributed by atoms with Crippen molar-refractivity contribution in [2.75, 3.05) is 13.7 Å². The molecule has 0 spiro atoms. The molecule has 31 heavy (non-hydrogen) atoms. The van der Waals surface area contributed by atoms with E-state index in [9.17, 15) is 8.78 Å². The summed E-state index contributed by atoms with van der Waals surface area (Å²) in [7, 11) is 1.41. The SMILES string of the molecule is COc1ccc(C2(c3cccc(-c4ccc(F)nc4)c3)COC(N)=N2)cc1F.O=CO. The Kier molecular flexibility index (Phi) is 6.44. The largest absolute Gasteiger partial charge is 0.494 e. The molecule has 0 aliphatic carbocycles. The van der Waals surface area contributed by atoms with Crippen LogP contribution in [0.3, 0.4) is 0 Å². The second kappa shape index (κ2) is 9.21. The van der Waals surface area contributed by atoms with E-state index < -0.39 is 17.3 Å². The Bertz CT molecular complexity index is 1110. The van der Waals surface area contributed by atoms with E-state index in [-0.39, 0.29) is 24.9 Å². The highest BCUT2D eigenvalue weighted by Gasteiger charge is 2.40. The van der Waals surface area contributed by atoms with E-state index in [1.165, 1.54) is 25.4 Å². The van der Waals surface area contributed by atoms with Crippen molar-refractivity contribution in [2.24, 2.45) is 10.7 Å². The number of carboxylic acid groups (broad SMARTS) is 1. The van der Waals surface area contributed by atoms with Crippen molar-refractivity contribution in [1.29, 1.82) is 0 Å². The second-order valence-electron chi connectivity index (χ2n) is 6.50. The van der Waals surface area contributed by atoms with E-state index in [0.29, 0.717) is 5.56 Å². The summed E-state index contributed by atoms with van der Waals surface area (Å²) in [5.41, 5.74) is 7.71. The zero-order valence-corrected chi connectivity index (χ0v) is 16.5. The Hall–Kier alpha value is -4.01. The van der Waals surface area contributed by atoms with Crippen molar-refractivity contribution < 1.29 is 28.2 Å². The molecule has 7 nitrogen and oxygen atoms in total. The van der Waals surface area contributed by atoms with E-state index in [4.69, 9.17) is 25.1 Å². The van der Waals surface area contributed by atoms with Gasteiger partial charge in [0.2, 0.25) is 5.95 Å². The number of pyridine rings is 1. The van der Waals surface area contributed by atoms with Crippen LogP contribution in [0.15, 0.2) is 65.8 Å². The molecule has 0 bridgehead atoms. The number of hydrogen-bond acceptors (Lipinski definition) is 6. The number of nitrogens with zero attached hydrogens (tertiary/aromatic N) is 2. The lowest BCUT2D eigenvalue weighted by atomic mass is 9.83. The lowest BCUT2D eigenvalue weighted by molar-refractivity contribution is -0.122. The van der Waals surface area contributed by atoms with E-state index in [1.807, 2.05) is 24.3 Å². The van der Waals surface area contributed by atoms with Crippen LogP contribution in [0.5, 0.6) is 5.75 Å². The van der Waals surface area contributed by atoms with Crippen molar-refractivity contribution >= 4 is 12.5 Å². The molecule has 0 saturated heterocycles. The molecule has 2 heterocycles. The van der Waals surface area contributed by atoms with Crippen LogP contribution in [0.1, 0.15) is 11.1 Å². The van der Waals surface area contributed by atoms with Gasteiger partial charge in [-0.3, -0.25) is 4.79 Å². The highest BCUT2D eigenvalue weighted by Crippen LogP contribution is 2.40. The lowest BCUT2D eigenvalue weighted by Crippen LogP contribution is -2.27. The first-order chi connectivity index (χ1) is 14.9. The lowest BCUT2D eigenvalue weighted by Gasteiger charge is -2.26. The van der Waals surface area contributed by atoms with Gasteiger partial charge in [0.1, 0.15) is 6.61 Å². The zero-order valence-electron chi connectivity index (χ0n) is 16.5. The summed E-state index contributed by atoms with van der Waals surface area (Å²) in [6, 6.07) is 15.1. The second-order valence-corrected chi connectivity index (χ2v) is 6.50. The molecule has 1 aromatic heterocycles. The molecule has 2 aromatic carbocycles. The number of hydrogen-bond donors (Lipinski definition) is 2. The number of nitrogens with two attached hydrogens (primary N) is 1. The fourth-order valence-electron chi connectivity index (χ4n) is 3.32. The highest BCUT2D eigenvalue weighted by molar-refractivity contribution is 5.75. The van der Waals surface area contributed by atoms with E-state index >= 15 is 0 Å². The van der Waals surface area contributed by atoms with Gasteiger partial charge in [0.05, 0.1) is 7.11 Å². The number of carbonyl (C=O) groups is 1. The summed E-state index contributed by atoms with van der Waals surface area (Å²) in [5, 5.41) is 6.89. The Labute approximate surface area is 176 Å². The molecule has 0 radical (unpaired) electrons. The van der Waals surface area contributed by atoms with Crippen LogP contribution >= 0.6 is 0 Å². The summed E-state index contributed by atoms with van der Waals surface area (Å²) in [6.07, 6.45) is 1.46. The van der Waals surface area contributed by atoms with Gasteiger partial charge < -0.3 is 20.3 Å². The molecule has 1 atom stereocenters. The fraction of sp³-hybridized carbons (Fsp3) is 0.136. The van der Waals surface area contributed by atoms with Crippen molar-refractivity contribution in [3.63, 3.8) is 0 Å². The van der Waals surface area contributed by atoms with Crippen LogP contribution < -0.4 is 10.5 Å². The average molecular weight is 427 g/mol. The summed E-state index contributed by atoms with van der Waals surface area (Å²) in [4.78, 5) is 16.6. The van der Waals surface area contributed by atoms with Gasteiger partial charge >= 0.3 is 0 Å². The smallest absolute Gasteiger partial charge is 0.290 e. The van der Waals surface area contributed by atoms with Gasteiger partial charge in [-0.25, -0.2) is 14.4 Å². The molecule has 0 saturated carbocycles. The average Bonchev–Trinajstić information content (AvgIpc) is 3.18. The summed E-state index contributed by atoms with van der Waals surface area (Å²) in [6.45, 7) is -0.115. The van der Waals surface area contributed by atoms with Crippen molar-refractivity contribution in [2.45, 2.75) is 5.54 Å². The van der Waals surface area contributed by atoms with Crippen molar-refractivity contribution in [1.82, 2.24) is 4.98 Å². The third-order valence-corrected chi connectivity index (χ3v) is 4.76. The zero-order chi connectivity index (χ0) is 22.4. The van der Waals surface area contributed by atoms with E-state index in [0.717, 1.165) is 16.7 Å². The van der Waals surface area contributed by atoms with Gasteiger partial charge in [-0.2, -0.15) is 4.39 Å². The fourth-order valence-corrected chi connectivity index (χ4v) is 3.32. The van der Waals surface area contributed by atoms with Gasteiger partial charge in [-0.05, 0) is 47.0 Å². The normalized spacial score (nSPS) is 17.1. The van der Waals surface area contributed by atoms with Crippen LogP contribution in [-0.4, -0.2) is 36.3 Å². The standard InChI is InChI=1S/C21H17F2N3O2.CH2O2/c1-27-18-7-6-16(10-17(18)22)21(12-28-20(24)26-21)15-4-2-3-13(9-15)14-5-8-19(23)25-11-14;2-1-3/h2-11H,12H2,1H3,(H2,24,26);1H,(H,2,3). The molecular formula is C22H19F2N3O4. The van der Waals surface area contributed by atoms with Gasteiger partial charge in [0.25, 0.3) is 12.5 Å². The van der Waals surface area contributed by atoms with Crippen LogP contribution in [-0.2, 0) is 15.1 Å². The molecule has 9 heteroatoms. The molecule has 1 aliphatic heterocycles. The van der Waals surface area contributed by atoms with Crippen molar-refractivity contribution in [3.05, 3.63) is 83.7 Å². The number of methoxy groups -OCH3 is 1. The summed E-state index contributed by atoms with van der Waals surface area (Å²) < 4.78 is 38.0. The molecule has 3 N–H and O–H groups in total. The topological polar surface area (TPSA) is 107 Å². The maximum Gasteiger partial charge on any atom is 0.290 e. The molecule has 1 aliphatic rings. The molecule has 160 valence electrons. The van der Waals surface area contributed by atoms with Gasteiger partial charge in [-0.1, -0.05) is 24.3 Å². The van der Waals surface area contributed by atoms with Crippen LogP contribution in [0.2, 0.25) is 0 Å². The van der Waals surface area contributed by atoms with Gasteiger partial charge in [0.15, 0.2) is 17.1 Å². The first-order valence-corrected chi connectivity index (χ1v) is 9.06. The number of amidine groups is 1. The maximum absolute atomic E-state index is 14.4. The number of aromatic nitrogens is 1. The minimum Gasteiger partial charge on any atom is -0.494 e.